The minimum Gasteiger partial charge on any atom is -0.486 e. The molecular formula is C26H30N4O3S. The van der Waals surface area contributed by atoms with Crippen LogP contribution in [0.3, 0.4) is 0 Å². The highest BCUT2D eigenvalue weighted by Gasteiger charge is 2.22. The maximum atomic E-state index is 12.9. The largest absolute Gasteiger partial charge is 0.486 e. The summed E-state index contributed by atoms with van der Waals surface area (Å²) in [6.45, 7) is 13.9. The van der Waals surface area contributed by atoms with Crippen LogP contribution < -0.4 is 14.8 Å². The van der Waals surface area contributed by atoms with Crippen molar-refractivity contribution in [2.75, 3.05) is 18.5 Å². The summed E-state index contributed by atoms with van der Waals surface area (Å²) in [5, 5.41) is 12.0. The number of nitrogens with one attached hydrogen (secondary N) is 1. The number of allylic oxidation sites excluding steroid dienone is 1. The van der Waals surface area contributed by atoms with Crippen LogP contribution in [0.1, 0.15) is 33.3 Å². The Morgan fingerprint density at radius 2 is 1.85 bits per heavy atom. The molecule has 2 heterocycles. The molecule has 1 unspecified atom stereocenters. The van der Waals surface area contributed by atoms with Crippen LogP contribution in [-0.4, -0.2) is 39.1 Å². The number of ether oxygens (including phenoxy) is 2. The second-order valence-electron chi connectivity index (χ2n) is 9.14. The molecule has 4 rings (SSSR count). The van der Waals surface area contributed by atoms with Gasteiger partial charge >= 0.3 is 0 Å². The highest BCUT2D eigenvalue weighted by atomic mass is 32.2. The summed E-state index contributed by atoms with van der Waals surface area (Å²) < 4.78 is 13.1. The molecule has 1 amide bonds. The number of carbonyl (C=O) groups excluding carboxylic acids is 1. The maximum absolute atomic E-state index is 12.9. The number of amides is 1. The van der Waals surface area contributed by atoms with Gasteiger partial charge in [-0.1, -0.05) is 62.9 Å². The summed E-state index contributed by atoms with van der Waals surface area (Å²) in [6.07, 6.45) is 1.81. The highest BCUT2D eigenvalue weighted by molar-refractivity contribution is 8.00. The van der Waals surface area contributed by atoms with E-state index in [9.17, 15) is 4.79 Å². The number of hydrogen-bond donors (Lipinski definition) is 1. The van der Waals surface area contributed by atoms with Gasteiger partial charge in [0, 0.05) is 23.9 Å². The second kappa shape index (κ2) is 9.93. The second-order valence-corrected chi connectivity index (χ2v) is 10.4. The zero-order chi connectivity index (χ0) is 24.3. The number of fused-ring (bicyclic) bond motifs is 1. The lowest BCUT2D eigenvalue weighted by molar-refractivity contribution is -0.115. The SMILES string of the molecule is C=CCn1c(SC(C)C(=O)Nc2ccc3c(c2)OCCO3)nnc1-c1ccc(C(C)(C)C)cc1. The molecule has 1 aromatic heterocycles. The van der Waals surface area contributed by atoms with Gasteiger partial charge in [-0.2, -0.15) is 0 Å². The molecule has 1 aliphatic rings. The lowest BCUT2D eigenvalue weighted by Gasteiger charge is -2.19. The van der Waals surface area contributed by atoms with Crippen LogP contribution in [0.25, 0.3) is 11.4 Å². The first-order valence-electron chi connectivity index (χ1n) is 11.3. The minimum absolute atomic E-state index is 0.0777. The third-order valence-electron chi connectivity index (χ3n) is 5.50. The van der Waals surface area contributed by atoms with Crippen LogP contribution in [-0.2, 0) is 16.8 Å². The molecule has 178 valence electrons. The van der Waals surface area contributed by atoms with Crippen molar-refractivity contribution < 1.29 is 14.3 Å². The summed E-state index contributed by atoms with van der Waals surface area (Å²) in [6, 6.07) is 13.8. The number of aromatic nitrogens is 3. The van der Waals surface area contributed by atoms with Crippen molar-refractivity contribution in [3.05, 3.63) is 60.7 Å². The van der Waals surface area contributed by atoms with Gasteiger partial charge in [-0.25, -0.2) is 0 Å². The van der Waals surface area contributed by atoms with Gasteiger partial charge in [-0.15, -0.1) is 16.8 Å². The Bertz CT molecular complexity index is 1180. The molecule has 0 radical (unpaired) electrons. The number of benzene rings is 2. The summed E-state index contributed by atoms with van der Waals surface area (Å²) in [5.41, 5.74) is 2.97. The van der Waals surface area contributed by atoms with E-state index in [-0.39, 0.29) is 11.3 Å². The number of anilines is 1. The van der Waals surface area contributed by atoms with E-state index in [1.807, 2.05) is 17.6 Å². The number of hydrogen-bond acceptors (Lipinski definition) is 6. The minimum atomic E-state index is -0.392. The Morgan fingerprint density at radius 3 is 2.53 bits per heavy atom. The molecule has 0 fully saturated rings. The van der Waals surface area contributed by atoms with Gasteiger partial charge in [0.2, 0.25) is 5.91 Å². The summed E-state index contributed by atoms with van der Waals surface area (Å²) in [7, 11) is 0. The van der Waals surface area contributed by atoms with Gasteiger partial charge in [0.05, 0.1) is 5.25 Å². The van der Waals surface area contributed by atoms with Gasteiger partial charge in [-0.3, -0.25) is 9.36 Å². The lowest BCUT2D eigenvalue weighted by atomic mass is 9.87. The Balaban J connectivity index is 1.49. The first-order chi connectivity index (χ1) is 16.3. The van der Waals surface area contributed by atoms with Crippen LogP contribution in [0, 0.1) is 0 Å². The van der Waals surface area contributed by atoms with Crippen molar-refractivity contribution in [2.45, 2.75) is 50.1 Å². The zero-order valence-corrected chi connectivity index (χ0v) is 20.8. The summed E-state index contributed by atoms with van der Waals surface area (Å²) in [5.74, 6) is 1.94. The van der Waals surface area contributed by atoms with E-state index in [0.29, 0.717) is 42.1 Å². The van der Waals surface area contributed by atoms with Gasteiger partial charge in [0.15, 0.2) is 22.5 Å². The van der Waals surface area contributed by atoms with Crippen LogP contribution in [0.4, 0.5) is 5.69 Å². The van der Waals surface area contributed by atoms with Gasteiger partial charge in [0.1, 0.15) is 13.2 Å². The fourth-order valence-corrected chi connectivity index (χ4v) is 4.44. The highest BCUT2D eigenvalue weighted by Crippen LogP contribution is 2.33. The molecular weight excluding hydrogens is 448 g/mol. The van der Waals surface area contributed by atoms with Gasteiger partial charge < -0.3 is 14.8 Å². The fourth-order valence-electron chi connectivity index (χ4n) is 3.58. The van der Waals surface area contributed by atoms with Crippen molar-refractivity contribution in [2.24, 2.45) is 0 Å². The molecule has 8 heteroatoms. The molecule has 0 spiro atoms. The van der Waals surface area contributed by atoms with Crippen LogP contribution >= 0.6 is 11.8 Å². The van der Waals surface area contributed by atoms with Crippen molar-refractivity contribution in [1.82, 2.24) is 14.8 Å². The lowest BCUT2D eigenvalue weighted by Crippen LogP contribution is -2.23. The molecule has 0 bridgehead atoms. The van der Waals surface area contributed by atoms with Crippen LogP contribution in [0.15, 0.2) is 60.3 Å². The number of nitrogens with zero attached hydrogens (tertiary/aromatic N) is 3. The van der Waals surface area contributed by atoms with E-state index in [2.05, 4.69) is 67.1 Å². The summed E-state index contributed by atoms with van der Waals surface area (Å²) >= 11 is 1.36. The van der Waals surface area contributed by atoms with E-state index < -0.39 is 5.25 Å². The quantitative estimate of drug-likeness (QED) is 0.366. The number of rotatable bonds is 7. The smallest absolute Gasteiger partial charge is 0.237 e. The zero-order valence-electron chi connectivity index (χ0n) is 20.0. The van der Waals surface area contributed by atoms with E-state index in [4.69, 9.17) is 9.47 Å². The standard InChI is InChI=1S/C26H30N4O3S/c1-6-13-30-23(18-7-9-19(10-8-18)26(3,4)5)28-29-25(30)34-17(2)24(31)27-20-11-12-21-22(16-20)33-15-14-32-21/h6-12,16-17H,1,13-15H2,2-5H3,(H,27,31). The van der Waals surface area contributed by atoms with Gasteiger partial charge in [0.25, 0.3) is 0 Å². The average Bonchev–Trinajstić information content (AvgIpc) is 3.20. The topological polar surface area (TPSA) is 78.3 Å². The first kappa shape index (κ1) is 23.9. The number of thioether (sulfide) groups is 1. The molecule has 7 nitrogen and oxygen atoms in total. The van der Waals surface area contributed by atoms with Crippen LogP contribution in [0.2, 0.25) is 0 Å². The Hall–Kier alpha value is -3.26. The Morgan fingerprint density at radius 1 is 1.15 bits per heavy atom. The molecule has 34 heavy (non-hydrogen) atoms. The van der Waals surface area contributed by atoms with E-state index in [0.717, 1.165) is 11.4 Å². The molecule has 0 aliphatic carbocycles. The molecule has 1 N–H and O–H groups in total. The van der Waals surface area contributed by atoms with E-state index in [1.54, 1.807) is 18.2 Å². The normalized spacial score (nSPS) is 13.9. The van der Waals surface area contributed by atoms with Gasteiger partial charge in [-0.05, 0) is 30.0 Å². The molecule has 0 saturated heterocycles. The van der Waals surface area contributed by atoms with Crippen molar-refractivity contribution in [3.8, 4) is 22.9 Å². The summed E-state index contributed by atoms with van der Waals surface area (Å²) in [4.78, 5) is 12.9. The molecule has 2 aromatic carbocycles. The predicted molar refractivity (Wildman–Crippen MR) is 136 cm³/mol. The predicted octanol–water partition coefficient (Wildman–Crippen LogP) is 5.32. The Kier molecular flexibility index (Phi) is 6.97. The molecule has 1 atom stereocenters. The average molecular weight is 479 g/mol. The van der Waals surface area contributed by atoms with Crippen LogP contribution in [0.5, 0.6) is 11.5 Å². The first-order valence-corrected chi connectivity index (χ1v) is 12.2. The van der Waals surface area contributed by atoms with E-state index in [1.165, 1.54) is 17.3 Å². The Labute approximate surface area is 204 Å². The molecule has 0 saturated carbocycles. The maximum Gasteiger partial charge on any atom is 0.237 e. The third-order valence-corrected chi connectivity index (χ3v) is 6.58. The van der Waals surface area contributed by atoms with E-state index >= 15 is 0 Å². The molecule has 1 aliphatic heterocycles. The third kappa shape index (κ3) is 5.28. The molecule has 3 aromatic rings. The monoisotopic (exact) mass is 478 g/mol. The number of carbonyl (C=O) groups is 1. The van der Waals surface area contributed by atoms with Crippen molar-refractivity contribution >= 4 is 23.4 Å². The fraction of sp³-hybridized carbons (Fsp3) is 0.346. The van der Waals surface area contributed by atoms with Crippen molar-refractivity contribution in [1.29, 1.82) is 0 Å². The van der Waals surface area contributed by atoms with Crippen molar-refractivity contribution in [3.63, 3.8) is 0 Å².